The summed E-state index contributed by atoms with van der Waals surface area (Å²) < 4.78 is 0. The number of piperazine rings is 1. The minimum absolute atomic E-state index is 0.0156. The average molecular weight is 274 g/mol. The number of imide groups is 1. The smallest absolute Gasteiger partial charge is 0.287 e. The van der Waals surface area contributed by atoms with Crippen molar-refractivity contribution in [3.8, 4) is 0 Å². The molecular formula is C15H20N3O2+. The summed E-state index contributed by atoms with van der Waals surface area (Å²) in [6.45, 7) is 3.68. The molecule has 5 nitrogen and oxygen atoms in total. The number of quaternary nitrogens is 1. The Balaban J connectivity index is 1.62. The summed E-state index contributed by atoms with van der Waals surface area (Å²) in [4.78, 5) is 28.5. The number of nitrogens with zero attached hydrogens (tertiary/aromatic N) is 2. The van der Waals surface area contributed by atoms with Crippen LogP contribution < -0.4 is 9.80 Å². The normalized spacial score (nSPS) is 24.6. The second-order valence-corrected chi connectivity index (χ2v) is 5.53. The van der Waals surface area contributed by atoms with Crippen LogP contribution in [0.25, 0.3) is 0 Å². The summed E-state index contributed by atoms with van der Waals surface area (Å²) in [5, 5.41) is 0. The van der Waals surface area contributed by atoms with E-state index in [4.69, 9.17) is 0 Å². The standard InChI is InChI=1S/C15H19N3O2/c1-16-14(19)11-13(15(16)20)18-9-7-17(8-10-18)12-5-3-2-4-6-12/h2-6,13H,7-11H2,1H3/p+1. The number of rotatable bonds is 2. The fourth-order valence-electron chi connectivity index (χ4n) is 3.11. The Morgan fingerprint density at radius 3 is 2.30 bits per heavy atom. The van der Waals surface area contributed by atoms with Gasteiger partial charge in [0, 0.05) is 12.7 Å². The highest BCUT2D eigenvalue weighted by atomic mass is 16.2. The van der Waals surface area contributed by atoms with E-state index in [9.17, 15) is 9.59 Å². The summed E-state index contributed by atoms with van der Waals surface area (Å²) in [6, 6.07) is 10.2. The van der Waals surface area contributed by atoms with Crippen LogP contribution in [-0.2, 0) is 9.59 Å². The molecule has 20 heavy (non-hydrogen) atoms. The van der Waals surface area contributed by atoms with Crippen LogP contribution in [0.15, 0.2) is 30.3 Å². The lowest BCUT2D eigenvalue weighted by atomic mass is 10.1. The predicted molar refractivity (Wildman–Crippen MR) is 75.5 cm³/mol. The lowest BCUT2D eigenvalue weighted by Crippen LogP contribution is -3.19. The number of amides is 2. The molecule has 1 atom stereocenters. The molecule has 2 aliphatic heterocycles. The van der Waals surface area contributed by atoms with Crippen molar-refractivity contribution in [1.82, 2.24) is 4.90 Å². The Morgan fingerprint density at radius 2 is 1.75 bits per heavy atom. The van der Waals surface area contributed by atoms with Crippen molar-refractivity contribution >= 4 is 17.5 Å². The molecule has 0 radical (unpaired) electrons. The molecule has 2 fully saturated rings. The van der Waals surface area contributed by atoms with E-state index in [0.717, 1.165) is 26.2 Å². The monoisotopic (exact) mass is 274 g/mol. The van der Waals surface area contributed by atoms with Crippen LogP contribution >= 0.6 is 0 Å². The molecule has 1 aromatic rings. The van der Waals surface area contributed by atoms with Gasteiger partial charge in [-0.2, -0.15) is 0 Å². The maximum absolute atomic E-state index is 12.0. The first-order valence-corrected chi connectivity index (χ1v) is 7.12. The first kappa shape index (κ1) is 13.1. The van der Waals surface area contributed by atoms with Gasteiger partial charge in [-0.1, -0.05) is 18.2 Å². The number of likely N-dealkylation sites (N-methyl/N-ethyl adjacent to an activating group) is 1. The first-order valence-electron chi connectivity index (χ1n) is 7.12. The van der Waals surface area contributed by atoms with Gasteiger partial charge in [0.1, 0.15) is 0 Å². The van der Waals surface area contributed by atoms with Crippen LogP contribution in [0.1, 0.15) is 6.42 Å². The Labute approximate surface area is 118 Å². The second-order valence-electron chi connectivity index (χ2n) is 5.53. The highest BCUT2D eigenvalue weighted by Crippen LogP contribution is 2.13. The molecule has 2 saturated heterocycles. The third kappa shape index (κ3) is 2.29. The molecule has 1 unspecified atom stereocenters. The number of likely N-dealkylation sites (tertiary alicyclic amines) is 1. The van der Waals surface area contributed by atoms with Crippen LogP contribution in [0.2, 0.25) is 0 Å². The molecule has 0 spiro atoms. The van der Waals surface area contributed by atoms with Crippen molar-refractivity contribution in [3.05, 3.63) is 30.3 Å². The highest BCUT2D eigenvalue weighted by molar-refractivity contribution is 6.04. The molecule has 0 saturated carbocycles. The maximum Gasteiger partial charge on any atom is 0.287 e. The molecule has 0 aromatic heterocycles. The van der Waals surface area contributed by atoms with Crippen molar-refractivity contribution in [3.63, 3.8) is 0 Å². The SMILES string of the molecule is CN1C(=O)CC([NH+]2CCN(c3ccccc3)CC2)C1=O. The number of benzene rings is 1. The summed E-state index contributed by atoms with van der Waals surface area (Å²) in [6.07, 6.45) is 0.371. The van der Waals surface area contributed by atoms with E-state index in [2.05, 4.69) is 17.0 Å². The van der Waals surface area contributed by atoms with Gasteiger partial charge < -0.3 is 9.80 Å². The van der Waals surface area contributed by atoms with Crippen molar-refractivity contribution in [1.29, 1.82) is 0 Å². The Kier molecular flexibility index (Phi) is 3.44. The fourth-order valence-corrected chi connectivity index (χ4v) is 3.11. The van der Waals surface area contributed by atoms with E-state index in [1.165, 1.54) is 15.5 Å². The zero-order valence-corrected chi connectivity index (χ0v) is 11.7. The third-order valence-electron chi connectivity index (χ3n) is 4.40. The Bertz CT molecular complexity index is 509. The minimum atomic E-state index is -0.162. The Morgan fingerprint density at radius 1 is 1.10 bits per heavy atom. The van der Waals surface area contributed by atoms with Crippen LogP contribution in [0.4, 0.5) is 5.69 Å². The number of carbonyl (C=O) groups is 2. The number of nitrogens with one attached hydrogen (secondary N) is 1. The van der Waals surface area contributed by atoms with Gasteiger partial charge in [0.05, 0.1) is 32.6 Å². The number of anilines is 1. The van der Waals surface area contributed by atoms with Gasteiger partial charge in [0.2, 0.25) is 5.91 Å². The number of hydrogen-bond acceptors (Lipinski definition) is 3. The van der Waals surface area contributed by atoms with Gasteiger partial charge in [-0.25, -0.2) is 0 Å². The Hall–Kier alpha value is -1.88. The number of hydrogen-bond donors (Lipinski definition) is 1. The number of carbonyl (C=O) groups excluding carboxylic acids is 2. The molecule has 1 aromatic carbocycles. The zero-order chi connectivity index (χ0) is 14.1. The van der Waals surface area contributed by atoms with Crippen molar-refractivity contribution in [2.24, 2.45) is 0 Å². The predicted octanol–water partition coefficient (Wildman–Crippen LogP) is -0.851. The quantitative estimate of drug-likeness (QED) is 0.715. The molecule has 2 aliphatic rings. The number of para-hydroxylation sites is 1. The summed E-state index contributed by atoms with van der Waals surface area (Å²) >= 11 is 0. The average Bonchev–Trinajstić information content (AvgIpc) is 2.76. The molecule has 106 valence electrons. The van der Waals surface area contributed by atoms with Gasteiger partial charge in [-0.15, -0.1) is 0 Å². The fraction of sp³-hybridized carbons (Fsp3) is 0.467. The molecule has 5 heteroatoms. The topological polar surface area (TPSA) is 45.1 Å². The maximum atomic E-state index is 12.0. The van der Waals surface area contributed by atoms with E-state index in [1.807, 2.05) is 18.2 Å². The molecule has 2 heterocycles. The van der Waals surface area contributed by atoms with Crippen LogP contribution in [0.3, 0.4) is 0 Å². The van der Waals surface area contributed by atoms with Gasteiger partial charge in [-0.05, 0) is 12.1 Å². The van der Waals surface area contributed by atoms with E-state index in [-0.39, 0.29) is 17.9 Å². The van der Waals surface area contributed by atoms with Crippen LogP contribution in [-0.4, -0.2) is 56.0 Å². The molecule has 1 N–H and O–H groups in total. The third-order valence-corrected chi connectivity index (χ3v) is 4.40. The van der Waals surface area contributed by atoms with E-state index in [1.54, 1.807) is 7.05 Å². The second kappa shape index (κ2) is 5.25. The molecule has 0 aliphatic carbocycles. The van der Waals surface area contributed by atoms with Gasteiger partial charge in [0.25, 0.3) is 5.91 Å². The van der Waals surface area contributed by atoms with Crippen molar-refractivity contribution in [2.45, 2.75) is 12.5 Å². The molecule has 0 bridgehead atoms. The van der Waals surface area contributed by atoms with Crippen molar-refractivity contribution in [2.75, 3.05) is 38.1 Å². The van der Waals surface area contributed by atoms with E-state index in [0.29, 0.717) is 6.42 Å². The van der Waals surface area contributed by atoms with Gasteiger partial charge >= 0.3 is 0 Å². The lowest BCUT2D eigenvalue weighted by molar-refractivity contribution is -0.915. The van der Waals surface area contributed by atoms with E-state index < -0.39 is 0 Å². The largest absolute Gasteiger partial charge is 0.360 e. The zero-order valence-electron chi connectivity index (χ0n) is 11.7. The first-order chi connectivity index (χ1) is 9.66. The molecule has 2 amide bonds. The van der Waals surface area contributed by atoms with E-state index >= 15 is 0 Å². The van der Waals surface area contributed by atoms with Crippen molar-refractivity contribution < 1.29 is 14.5 Å². The summed E-state index contributed by atoms with van der Waals surface area (Å²) in [7, 11) is 1.59. The lowest BCUT2D eigenvalue weighted by Gasteiger charge is -2.35. The van der Waals surface area contributed by atoms with Crippen LogP contribution in [0, 0.1) is 0 Å². The minimum Gasteiger partial charge on any atom is -0.360 e. The van der Waals surface area contributed by atoms with Gasteiger partial charge in [0.15, 0.2) is 6.04 Å². The van der Waals surface area contributed by atoms with Gasteiger partial charge in [-0.3, -0.25) is 14.5 Å². The highest BCUT2D eigenvalue weighted by Gasteiger charge is 2.43. The summed E-state index contributed by atoms with van der Waals surface area (Å²) in [5.41, 5.74) is 1.23. The van der Waals surface area contributed by atoms with Crippen LogP contribution in [0.5, 0.6) is 0 Å². The molecular weight excluding hydrogens is 254 g/mol. The summed E-state index contributed by atoms with van der Waals surface area (Å²) in [5.74, 6) is -0.0591. The molecule has 3 rings (SSSR count).